The van der Waals surface area contributed by atoms with Crippen molar-refractivity contribution in [3.63, 3.8) is 0 Å². The standard InChI is InChI=1S/C26H39N3O4/c1-4-5-6-7-8-13-28-14-15-29(20(18-28)16-26(31)33-3)19-25(30)22-11-12-27-24-10-9-21(32-2)17-23(22)24/h9-12,17,20,25,30H,4-8,13-16,18-19H2,1-3H3. The van der Waals surface area contributed by atoms with Crippen LogP contribution in [0, 0.1) is 0 Å². The Labute approximate surface area is 197 Å². The number of β-amino-alcohol motifs (C(OH)–C–C–N with tert-alkyl or cyclic N) is 1. The summed E-state index contributed by atoms with van der Waals surface area (Å²) >= 11 is 0. The second kappa shape index (κ2) is 12.9. The maximum absolute atomic E-state index is 12.1. The lowest BCUT2D eigenvalue weighted by Crippen LogP contribution is -2.54. The van der Waals surface area contributed by atoms with Crippen molar-refractivity contribution < 1.29 is 19.4 Å². The van der Waals surface area contributed by atoms with Crippen molar-refractivity contribution in [3.05, 3.63) is 36.0 Å². The molecule has 1 aromatic heterocycles. The second-order valence-electron chi connectivity index (χ2n) is 8.94. The highest BCUT2D eigenvalue weighted by Gasteiger charge is 2.30. The first-order chi connectivity index (χ1) is 16.0. The number of pyridine rings is 1. The van der Waals surface area contributed by atoms with Crippen LogP contribution < -0.4 is 4.74 Å². The minimum absolute atomic E-state index is 0.0270. The summed E-state index contributed by atoms with van der Waals surface area (Å²) in [7, 11) is 3.07. The smallest absolute Gasteiger partial charge is 0.307 e. The van der Waals surface area contributed by atoms with Crippen molar-refractivity contribution >= 4 is 16.9 Å². The van der Waals surface area contributed by atoms with Crippen LogP contribution in [0.3, 0.4) is 0 Å². The predicted molar refractivity (Wildman–Crippen MR) is 130 cm³/mol. The van der Waals surface area contributed by atoms with Gasteiger partial charge in [0.1, 0.15) is 5.75 Å². The molecule has 0 aliphatic carbocycles. The quantitative estimate of drug-likeness (QED) is 0.384. The average Bonchev–Trinajstić information content (AvgIpc) is 2.84. The summed E-state index contributed by atoms with van der Waals surface area (Å²) in [4.78, 5) is 21.2. The van der Waals surface area contributed by atoms with Crippen LogP contribution in [0.2, 0.25) is 0 Å². The first-order valence-electron chi connectivity index (χ1n) is 12.2. The van der Waals surface area contributed by atoms with E-state index < -0.39 is 6.10 Å². The van der Waals surface area contributed by atoms with Gasteiger partial charge in [-0.3, -0.25) is 14.7 Å². The zero-order valence-corrected chi connectivity index (χ0v) is 20.3. The molecule has 2 unspecified atom stereocenters. The van der Waals surface area contributed by atoms with Gasteiger partial charge in [0.15, 0.2) is 0 Å². The molecule has 7 heteroatoms. The number of carbonyl (C=O) groups is 1. The van der Waals surface area contributed by atoms with E-state index in [0.29, 0.717) is 13.0 Å². The lowest BCUT2D eigenvalue weighted by atomic mass is 10.0. The molecule has 0 radical (unpaired) electrons. The van der Waals surface area contributed by atoms with Crippen LogP contribution in [0.1, 0.15) is 57.1 Å². The van der Waals surface area contributed by atoms with Crippen LogP contribution in [0.5, 0.6) is 5.75 Å². The largest absolute Gasteiger partial charge is 0.497 e. The number of fused-ring (bicyclic) bond motifs is 1. The Morgan fingerprint density at radius 3 is 2.76 bits per heavy atom. The van der Waals surface area contributed by atoms with Crippen LogP contribution >= 0.6 is 0 Å². The minimum Gasteiger partial charge on any atom is -0.497 e. The van der Waals surface area contributed by atoms with Gasteiger partial charge in [0.25, 0.3) is 0 Å². The first kappa shape index (κ1) is 25.4. The molecule has 0 spiro atoms. The van der Waals surface area contributed by atoms with Gasteiger partial charge in [0, 0.05) is 43.8 Å². The highest BCUT2D eigenvalue weighted by Crippen LogP contribution is 2.28. The zero-order valence-electron chi connectivity index (χ0n) is 20.3. The van der Waals surface area contributed by atoms with Crippen molar-refractivity contribution in [2.75, 3.05) is 46.9 Å². The highest BCUT2D eigenvalue weighted by atomic mass is 16.5. The molecule has 1 saturated heterocycles. The van der Waals surface area contributed by atoms with Gasteiger partial charge in [0.05, 0.1) is 32.3 Å². The molecule has 2 aromatic rings. The Morgan fingerprint density at radius 2 is 2.00 bits per heavy atom. The number of unbranched alkanes of at least 4 members (excludes halogenated alkanes) is 4. The van der Waals surface area contributed by atoms with Crippen molar-refractivity contribution in [3.8, 4) is 5.75 Å². The van der Waals surface area contributed by atoms with Crippen LogP contribution in [0.4, 0.5) is 0 Å². The van der Waals surface area contributed by atoms with Crippen LogP contribution in [0.15, 0.2) is 30.5 Å². The average molecular weight is 458 g/mol. The Morgan fingerprint density at radius 1 is 1.18 bits per heavy atom. The Hall–Kier alpha value is -2.22. The molecule has 1 aromatic carbocycles. The van der Waals surface area contributed by atoms with Crippen LogP contribution in [-0.2, 0) is 9.53 Å². The number of hydrogen-bond donors (Lipinski definition) is 1. The summed E-state index contributed by atoms with van der Waals surface area (Å²) in [5, 5.41) is 12.1. The van der Waals surface area contributed by atoms with Gasteiger partial charge in [-0.15, -0.1) is 0 Å². The molecule has 0 bridgehead atoms. The maximum Gasteiger partial charge on any atom is 0.307 e. The molecule has 3 rings (SSSR count). The molecule has 1 aliphatic heterocycles. The van der Waals surface area contributed by atoms with Crippen molar-refractivity contribution in [2.24, 2.45) is 0 Å². The monoisotopic (exact) mass is 457 g/mol. The van der Waals surface area contributed by atoms with Crippen molar-refractivity contribution in [1.82, 2.24) is 14.8 Å². The zero-order chi connectivity index (χ0) is 23.6. The molecule has 0 saturated carbocycles. The van der Waals surface area contributed by atoms with Gasteiger partial charge < -0.3 is 19.5 Å². The van der Waals surface area contributed by atoms with Crippen LogP contribution in [0.25, 0.3) is 10.9 Å². The van der Waals surface area contributed by atoms with E-state index in [4.69, 9.17) is 9.47 Å². The van der Waals surface area contributed by atoms with Gasteiger partial charge in [-0.2, -0.15) is 0 Å². The third-order valence-electron chi connectivity index (χ3n) is 6.65. The van der Waals surface area contributed by atoms with E-state index in [9.17, 15) is 9.90 Å². The molecule has 2 heterocycles. The Kier molecular flexibility index (Phi) is 9.91. The summed E-state index contributed by atoms with van der Waals surface area (Å²) in [5.41, 5.74) is 1.65. The SMILES string of the molecule is CCCCCCCN1CCN(CC(O)c2ccnc3ccc(OC)cc23)C(CC(=O)OC)C1. The van der Waals surface area contributed by atoms with E-state index in [1.165, 1.54) is 39.2 Å². The van der Waals surface area contributed by atoms with Gasteiger partial charge in [-0.05, 0) is 42.8 Å². The molecule has 182 valence electrons. The summed E-state index contributed by atoms with van der Waals surface area (Å²) in [6.07, 6.45) is 7.66. The normalized spacial score (nSPS) is 18.4. The lowest BCUT2D eigenvalue weighted by Gasteiger charge is -2.42. The number of benzene rings is 1. The molecule has 7 nitrogen and oxygen atoms in total. The summed E-state index contributed by atoms with van der Waals surface area (Å²) in [5.74, 6) is 0.531. The number of nitrogens with zero attached hydrogens (tertiary/aromatic N) is 3. The molecule has 1 N–H and O–H groups in total. The fourth-order valence-corrected chi connectivity index (χ4v) is 4.69. The van der Waals surface area contributed by atoms with Crippen molar-refractivity contribution in [2.45, 2.75) is 57.6 Å². The number of esters is 1. The number of rotatable bonds is 12. The van der Waals surface area contributed by atoms with Crippen LogP contribution in [-0.4, -0.2) is 78.8 Å². The molecule has 1 fully saturated rings. The van der Waals surface area contributed by atoms with Gasteiger partial charge >= 0.3 is 5.97 Å². The van der Waals surface area contributed by atoms with Gasteiger partial charge in [-0.1, -0.05) is 32.6 Å². The fraction of sp³-hybridized carbons (Fsp3) is 0.615. The van der Waals surface area contributed by atoms with E-state index >= 15 is 0 Å². The number of ether oxygens (including phenoxy) is 2. The van der Waals surface area contributed by atoms with E-state index in [1.807, 2.05) is 24.3 Å². The second-order valence-corrected chi connectivity index (χ2v) is 8.94. The Bertz CT molecular complexity index is 891. The molecule has 2 atom stereocenters. The minimum atomic E-state index is -0.691. The number of aromatic nitrogens is 1. The number of carbonyl (C=O) groups excluding carboxylic acids is 1. The van der Waals surface area contributed by atoms with Gasteiger partial charge in [0.2, 0.25) is 0 Å². The fourth-order valence-electron chi connectivity index (χ4n) is 4.69. The molecule has 0 amide bonds. The summed E-state index contributed by atoms with van der Waals surface area (Å²) in [6, 6.07) is 7.60. The number of piperazine rings is 1. The predicted octanol–water partition coefficient (Wildman–Crippen LogP) is 3.80. The molecule has 33 heavy (non-hydrogen) atoms. The summed E-state index contributed by atoms with van der Waals surface area (Å²) < 4.78 is 10.3. The van der Waals surface area contributed by atoms with E-state index in [2.05, 4.69) is 21.7 Å². The maximum atomic E-state index is 12.1. The van der Waals surface area contributed by atoms with Crippen molar-refractivity contribution in [1.29, 1.82) is 0 Å². The number of methoxy groups -OCH3 is 2. The topological polar surface area (TPSA) is 75.1 Å². The van der Waals surface area contributed by atoms with E-state index in [1.54, 1.807) is 13.3 Å². The number of aliphatic hydroxyl groups excluding tert-OH is 1. The third-order valence-corrected chi connectivity index (χ3v) is 6.65. The summed E-state index contributed by atoms with van der Waals surface area (Å²) in [6.45, 7) is 6.34. The molecular weight excluding hydrogens is 418 g/mol. The van der Waals surface area contributed by atoms with E-state index in [-0.39, 0.29) is 12.0 Å². The highest BCUT2D eigenvalue weighted by molar-refractivity contribution is 5.83. The Balaban J connectivity index is 1.68. The lowest BCUT2D eigenvalue weighted by molar-refractivity contribution is -0.143. The first-order valence-corrected chi connectivity index (χ1v) is 12.2. The van der Waals surface area contributed by atoms with Gasteiger partial charge in [-0.25, -0.2) is 0 Å². The third kappa shape index (κ3) is 7.13. The number of aliphatic hydroxyl groups is 1. The number of hydrogen-bond acceptors (Lipinski definition) is 7. The molecular formula is C26H39N3O4. The van der Waals surface area contributed by atoms with E-state index in [0.717, 1.165) is 48.4 Å². The molecule has 1 aliphatic rings.